The number of halogens is 2. The first-order valence-corrected chi connectivity index (χ1v) is 6.79. The molecule has 18 heavy (non-hydrogen) atoms. The Morgan fingerprint density at radius 3 is 2.94 bits per heavy atom. The van der Waals surface area contributed by atoms with E-state index in [1.807, 2.05) is 19.1 Å². The number of carbonyl (C=O) groups is 1. The summed E-state index contributed by atoms with van der Waals surface area (Å²) in [4.78, 5) is 11.9. The van der Waals surface area contributed by atoms with Gasteiger partial charge in [-0.15, -0.1) is 0 Å². The van der Waals surface area contributed by atoms with Gasteiger partial charge in [-0.25, -0.2) is 0 Å². The van der Waals surface area contributed by atoms with Crippen molar-refractivity contribution in [3.63, 3.8) is 0 Å². The molecule has 0 radical (unpaired) electrons. The summed E-state index contributed by atoms with van der Waals surface area (Å²) < 4.78 is 0. The van der Waals surface area contributed by atoms with E-state index in [1.165, 1.54) is 0 Å². The van der Waals surface area contributed by atoms with Gasteiger partial charge < -0.3 is 5.32 Å². The largest absolute Gasteiger partial charge is 0.360 e. The van der Waals surface area contributed by atoms with Gasteiger partial charge in [0.2, 0.25) is 0 Å². The van der Waals surface area contributed by atoms with Crippen molar-refractivity contribution in [2.45, 2.75) is 26.2 Å². The van der Waals surface area contributed by atoms with Crippen molar-refractivity contribution in [3.8, 4) is 0 Å². The third-order valence-electron chi connectivity index (χ3n) is 3.20. The Morgan fingerprint density at radius 2 is 2.17 bits per heavy atom. The minimum absolute atomic E-state index is 0.127. The molecule has 1 saturated carbocycles. The number of hydrogen-bond donors (Lipinski definition) is 1. The van der Waals surface area contributed by atoms with Crippen LogP contribution >= 0.6 is 23.2 Å². The van der Waals surface area contributed by atoms with E-state index in [0.29, 0.717) is 10.0 Å². The Bertz CT molecular complexity index is 497. The van der Waals surface area contributed by atoms with Gasteiger partial charge >= 0.3 is 0 Å². The van der Waals surface area contributed by atoms with Gasteiger partial charge in [0.05, 0.1) is 15.7 Å². The van der Waals surface area contributed by atoms with Crippen LogP contribution in [0, 0.1) is 5.92 Å². The van der Waals surface area contributed by atoms with Crippen LogP contribution in [0.15, 0.2) is 30.0 Å². The molecule has 0 amide bonds. The molecule has 0 aromatic heterocycles. The number of hydrogen-bond acceptors (Lipinski definition) is 2. The van der Waals surface area contributed by atoms with Crippen molar-refractivity contribution in [2.24, 2.45) is 5.92 Å². The van der Waals surface area contributed by atoms with Crippen LogP contribution in [0.1, 0.15) is 26.2 Å². The fourth-order valence-corrected chi connectivity index (χ4v) is 2.45. The van der Waals surface area contributed by atoms with Gasteiger partial charge in [-0.05, 0) is 31.4 Å². The molecule has 0 saturated heterocycles. The number of anilines is 1. The van der Waals surface area contributed by atoms with E-state index >= 15 is 0 Å². The monoisotopic (exact) mass is 283 g/mol. The maximum absolute atomic E-state index is 11.9. The van der Waals surface area contributed by atoms with Crippen LogP contribution in [-0.2, 0) is 4.79 Å². The van der Waals surface area contributed by atoms with E-state index in [4.69, 9.17) is 23.2 Å². The van der Waals surface area contributed by atoms with Crippen molar-refractivity contribution in [1.29, 1.82) is 0 Å². The lowest BCUT2D eigenvalue weighted by atomic mass is 9.86. The molecular formula is C14H15Cl2NO. The molecule has 2 rings (SSSR count). The molecule has 2 nitrogen and oxygen atoms in total. The van der Waals surface area contributed by atoms with Crippen molar-refractivity contribution in [2.75, 3.05) is 5.32 Å². The number of Topliss-reactive ketones (excluding diaryl/α,β-unsaturated/α-hetero) is 1. The Kier molecular flexibility index (Phi) is 4.31. The highest BCUT2D eigenvalue weighted by molar-refractivity contribution is 6.43. The summed E-state index contributed by atoms with van der Waals surface area (Å²) >= 11 is 12.0. The van der Waals surface area contributed by atoms with Crippen molar-refractivity contribution in [3.05, 3.63) is 40.0 Å². The third kappa shape index (κ3) is 2.88. The van der Waals surface area contributed by atoms with Gasteiger partial charge in [0.1, 0.15) is 0 Å². The number of nitrogens with one attached hydrogen (secondary N) is 1. The van der Waals surface area contributed by atoms with Crippen LogP contribution in [0.4, 0.5) is 5.69 Å². The van der Waals surface area contributed by atoms with Crippen LogP contribution in [0.2, 0.25) is 10.0 Å². The number of carbonyl (C=O) groups excluding carboxylic acids is 1. The average Bonchev–Trinajstić information content (AvgIpc) is 2.36. The number of allylic oxidation sites excluding steroid dienone is 1. The zero-order valence-electron chi connectivity index (χ0n) is 10.2. The zero-order valence-corrected chi connectivity index (χ0v) is 11.7. The second-order valence-electron chi connectivity index (χ2n) is 4.57. The van der Waals surface area contributed by atoms with Crippen molar-refractivity contribution >= 4 is 34.7 Å². The van der Waals surface area contributed by atoms with E-state index in [2.05, 4.69) is 5.32 Å². The van der Waals surface area contributed by atoms with Crippen LogP contribution in [-0.4, -0.2) is 5.78 Å². The molecule has 1 N–H and O–H groups in total. The van der Waals surface area contributed by atoms with Gasteiger partial charge in [0, 0.05) is 17.7 Å². The summed E-state index contributed by atoms with van der Waals surface area (Å²) in [6.07, 6.45) is 4.63. The minimum atomic E-state index is 0.127. The van der Waals surface area contributed by atoms with Gasteiger partial charge in [0.25, 0.3) is 0 Å². The predicted octanol–water partition coefficient (Wildman–Crippen LogP) is 4.68. The first kappa shape index (κ1) is 13.4. The Morgan fingerprint density at radius 1 is 1.39 bits per heavy atom. The molecule has 1 aromatic rings. The Balaban J connectivity index is 2.15. The lowest BCUT2D eigenvalue weighted by Crippen LogP contribution is -2.19. The lowest BCUT2D eigenvalue weighted by molar-refractivity contribution is -0.119. The van der Waals surface area contributed by atoms with Gasteiger partial charge in [-0.2, -0.15) is 0 Å². The molecule has 1 aliphatic carbocycles. The summed E-state index contributed by atoms with van der Waals surface area (Å²) in [6.45, 7) is 1.97. The van der Waals surface area contributed by atoms with Crippen molar-refractivity contribution < 1.29 is 4.79 Å². The van der Waals surface area contributed by atoms with Gasteiger partial charge in [0.15, 0.2) is 5.78 Å². The molecule has 0 heterocycles. The fraction of sp³-hybridized carbons (Fsp3) is 0.357. The lowest BCUT2D eigenvalue weighted by Gasteiger charge is -2.19. The van der Waals surface area contributed by atoms with E-state index in [1.54, 1.807) is 12.3 Å². The molecule has 4 heteroatoms. The molecule has 96 valence electrons. The molecule has 1 aromatic carbocycles. The number of rotatable bonds is 2. The van der Waals surface area contributed by atoms with Crippen LogP contribution in [0.3, 0.4) is 0 Å². The summed E-state index contributed by atoms with van der Waals surface area (Å²) in [6, 6.07) is 5.39. The first-order chi connectivity index (χ1) is 8.59. The normalized spacial score (nSPS) is 22.3. The second-order valence-corrected chi connectivity index (χ2v) is 5.36. The highest BCUT2D eigenvalue weighted by Crippen LogP contribution is 2.30. The second kappa shape index (κ2) is 5.77. The molecule has 1 fully saturated rings. The van der Waals surface area contributed by atoms with E-state index in [0.717, 1.165) is 30.5 Å². The average molecular weight is 284 g/mol. The Labute approximate surface area is 117 Å². The van der Waals surface area contributed by atoms with E-state index in [9.17, 15) is 4.79 Å². The summed E-state index contributed by atoms with van der Waals surface area (Å²) in [5, 5.41) is 4.06. The Hall–Kier alpha value is -0.990. The quantitative estimate of drug-likeness (QED) is 0.799. The molecular weight excluding hydrogens is 269 g/mol. The van der Waals surface area contributed by atoms with Crippen molar-refractivity contribution in [1.82, 2.24) is 0 Å². The standard InChI is InChI=1S/C14H15Cl2NO/c1-9-4-2-5-10(14(9)18)8-17-12-7-3-6-11(15)13(12)16/h3,6-9,17H,2,4-5H2,1H3/b10-8-/t9-/m0/s1. The highest BCUT2D eigenvalue weighted by atomic mass is 35.5. The summed E-state index contributed by atoms with van der Waals surface area (Å²) in [5.74, 6) is 0.355. The van der Waals surface area contributed by atoms with E-state index in [-0.39, 0.29) is 11.7 Å². The molecule has 0 spiro atoms. The van der Waals surface area contributed by atoms with Crippen LogP contribution in [0.5, 0.6) is 0 Å². The number of benzene rings is 1. The maximum Gasteiger partial charge on any atom is 0.163 e. The highest BCUT2D eigenvalue weighted by Gasteiger charge is 2.22. The molecule has 1 atom stereocenters. The zero-order chi connectivity index (χ0) is 13.1. The van der Waals surface area contributed by atoms with Crippen LogP contribution in [0.25, 0.3) is 0 Å². The van der Waals surface area contributed by atoms with Gasteiger partial charge in [-0.3, -0.25) is 4.79 Å². The van der Waals surface area contributed by atoms with Gasteiger partial charge in [-0.1, -0.05) is 36.2 Å². The topological polar surface area (TPSA) is 29.1 Å². The fourth-order valence-electron chi connectivity index (χ4n) is 2.09. The first-order valence-electron chi connectivity index (χ1n) is 6.03. The summed E-state index contributed by atoms with van der Waals surface area (Å²) in [5.41, 5.74) is 1.56. The smallest absolute Gasteiger partial charge is 0.163 e. The molecule has 0 bridgehead atoms. The van der Waals surface area contributed by atoms with Crippen LogP contribution < -0.4 is 5.32 Å². The minimum Gasteiger partial charge on any atom is -0.360 e. The molecule has 0 aliphatic heterocycles. The molecule has 1 aliphatic rings. The van der Waals surface area contributed by atoms with E-state index < -0.39 is 0 Å². The number of ketones is 1. The molecule has 0 unspecified atom stereocenters. The third-order valence-corrected chi connectivity index (χ3v) is 4.02. The predicted molar refractivity (Wildman–Crippen MR) is 76.2 cm³/mol. The SMILES string of the molecule is C[C@H]1CCC/C(=C/Nc2cccc(Cl)c2Cl)C1=O. The maximum atomic E-state index is 11.9. The summed E-state index contributed by atoms with van der Waals surface area (Å²) in [7, 11) is 0.